The van der Waals surface area contributed by atoms with Crippen LogP contribution in [0.15, 0.2) is 185 Å². The number of benzene rings is 6. The van der Waals surface area contributed by atoms with Crippen LogP contribution in [-0.4, -0.2) is 182 Å². The molecule has 0 unspecified atom stereocenters. The summed E-state index contributed by atoms with van der Waals surface area (Å²) in [7, 11) is 9.86. The third-order valence-electron chi connectivity index (χ3n) is 11.7. The van der Waals surface area contributed by atoms with E-state index in [0.717, 1.165) is 67.9 Å². The van der Waals surface area contributed by atoms with Crippen LogP contribution in [0.1, 0.15) is 33.4 Å². The SMILES string of the molecule is C=Cc1ccc(OC)cc1.C=Cc1ccc(OCCOC)cc1.C=Cc1ccc(OCCOCCOC)cc1.C=Cc1ccc(OCCOCCOCCOC)cc1.C=Cc1ccc(OCCOCCOCCOCCOC)cc1.C=Cc1ccc(OCOC)cc1. The molecule has 0 atom stereocenters. The van der Waals surface area contributed by atoms with Gasteiger partial charge in [-0.2, -0.15) is 0 Å². The number of hydrogen-bond acceptors (Lipinski definition) is 17. The van der Waals surface area contributed by atoms with Gasteiger partial charge in [0, 0.05) is 35.5 Å². The number of methoxy groups -OCH3 is 6. The first-order chi connectivity index (χ1) is 45.2. The van der Waals surface area contributed by atoms with Gasteiger partial charge in [0.05, 0.1) is 113 Å². The first kappa shape index (κ1) is 82.1. The molecule has 6 rings (SSSR count). The van der Waals surface area contributed by atoms with E-state index in [1.54, 1.807) is 79.1 Å². The van der Waals surface area contributed by atoms with Gasteiger partial charge in [0.2, 0.25) is 0 Å². The average molecular weight is 1280 g/mol. The maximum Gasteiger partial charge on any atom is 0.188 e. The molecule has 0 aliphatic carbocycles. The normalized spacial score (nSPS) is 9.98. The lowest BCUT2D eigenvalue weighted by Gasteiger charge is -2.08. The molecule has 504 valence electrons. The molecule has 0 aromatic heterocycles. The van der Waals surface area contributed by atoms with E-state index in [1.807, 2.05) is 146 Å². The van der Waals surface area contributed by atoms with Gasteiger partial charge in [-0.1, -0.05) is 149 Å². The van der Waals surface area contributed by atoms with Crippen molar-refractivity contribution in [2.24, 2.45) is 0 Å². The molecule has 17 heteroatoms. The van der Waals surface area contributed by atoms with E-state index in [0.29, 0.717) is 132 Å². The van der Waals surface area contributed by atoms with Gasteiger partial charge in [-0.15, -0.1) is 0 Å². The first-order valence-corrected chi connectivity index (χ1v) is 30.1. The lowest BCUT2D eigenvalue weighted by atomic mass is 10.2. The van der Waals surface area contributed by atoms with Gasteiger partial charge in [0.25, 0.3) is 0 Å². The second-order valence-electron chi connectivity index (χ2n) is 18.4. The highest BCUT2D eigenvalue weighted by Gasteiger charge is 1.99. The topological polar surface area (TPSA) is 157 Å². The first-order valence-electron chi connectivity index (χ1n) is 30.1. The lowest BCUT2D eigenvalue weighted by Crippen LogP contribution is -2.13. The van der Waals surface area contributed by atoms with Gasteiger partial charge in [-0.25, -0.2) is 0 Å². The zero-order valence-electron chi connectivity index (χ0n) is 55.4. The van der Waals surface area contributed by atoms with Crippen LogP contribution in [0.25, 0.3) is 36.5 Å². The maximum atomic E-state index is 5.56. The molecular weight excluding hydrogens is 1170 g/mol. The summed E-state index contributed by atoms with van der Waals surface area (Å²) in [5, 5.41) is 0. The van der Waals surface area contributed by atoms with Crippen LogP contribution in [0.2, 0.25) is 0 Å². The van der Waals surface area contributed by atoms with Gasteiger partial charge in [0.15, 0.2) is 6.79 Å². The molecule has 17 nitrogen and oxygen atoms in total. The molecule has 6 aromatic carbocycles. The molecule has 0 bridgehead atoms. The predicted octanol–water partition coefficient (Wildman–Crippen LogP) is 14.2. The Hall–Kier alpha value is -7.88. The minimum Gasteiger partial charge on any atom is -0.497 e. The third kappa shape index (κ3) is 46.2. The fourth-order valence-corrected chi connectivity index (χ4v) is 6.66. The van der Waals surface area contributed by atoms with Crippen molar-refractivity contribution in [3.8, 4) is 34.5 Å². The number of ether oxygens (including phenoxy) is 17. The van der Waals surface area contributed by atoms with E-state index in [-0.39, 0.29) is 6.79 Å². The molecule has 0 spiro atoms. The quantitative estimate of drug-likeness (QED) is 0.0263. The Morgan fingerprint density at radius 2 is 0.380 bits per heavy atom. The Balaban J connectivity index is 0.000000562. The Kier molecular flexibility index (Phi) is 54.2. The molecule has 0 saturated heterocycles. The molecule has 0 aliphatic rings. The largest absolute Gasteiger partial charge is 0.497 e. The van der Waals surface area contributed by atoms with Crippen LogP contribution in [-0.2, 0) is 52.1 Å². The van der Waals surface area contributed by atoms with Crippen molar-refractivity contribution in [2.45, 2.75) is 0 Å². The summed E-state index contributed by atoms with van der Waals surface area (Å²) in [4.78, 5) is 0. The minimum absolute atomic E-state index is 0.285. The van der Waals surface area contributed by atoms with Gasteiger partial charge in [0.1, 0.15) is 60.9 Å². The number of rotatable bonds is 44. The minimum atomic E-state index is 0.285. The van der Waals surface area contributed by atoms with Crippen molar-refractivity contribution in [3.05, 3.63) is 218 Å². The van der Waals surface area contributed by atoms with E-state index in [2.05, 4.69) is 39.5 Å². The Bertz CT molecular complexity index is 2660. The van der Waals surface area contributed by atoms with Crippen LogP contribution in [0.4, 0.5) is 0 Å². The van der Waals surface area contributed by atoms with Crippen LogP contribution in [0, 0.1) is 0 Å². The second kappa shape index (κ2) is 60.7. The molecule has 92 heavy (non-hydrogen) atoms. The van der Waals surface area contributed by atoms with E-state index < -0.39 is 0 Å². The third-order valence-corrected chi connectivity index (χ3v) is 11.7. The summed E-state index contributed by atoms with van der Waals surface area (Å²) in [6, 6.07) is 46.5. The fourth-order valence-electron chi connectivity index (χ4n) is 6.66. The predicted molar refractivity (Wildman–Crippen MR) is 373 cm³/mol. The summed E-state index contributed by atoms with van der Waals surface area (Å²) in [6.07, 6.45) is 10.8. The van der Waals surface area contributed by atoms with E-state index >= 15 is 0 Å². The van der Waals surface area contributed by atoms with Crippen LogP contribution in [0.5, 0.6) is 34.5 Å². The van der Waals surface area contributed by atoms with Crippen molar-refractivity contribution < 1.29 is 80.5 Å². The van der Waals surface area contributed by atoms with E-state index in [9.17, 15) is 0 Å². The molecule has 0 heterocycles. The molecule has 0 radical (unpaired) electrons. The van der Waals surface area contributed by atoms with E-state index in [4.69, 9.17) is 80.5 Å². The highest BCUT2D eigenvalue weighted by Crippen LogP contribution is 2.17. The molecule has 0 N–H and O–H groups in total. The van der Waals surface area contributed by atoms with Crippen molar-refractivity contribution in [1.82, 2.24) is 0 Å². The smallest absolute Gasteiger partial charge is 0.188 e. The van der Waals surface area contributed by atoms with Crippen LogP contribution < -0.4 is 28.4 Å². The Labute approximate surface area is 549 Å². The Morgan fingerprint density at radius 3 is 0.576 bits per heavy atom. The standard InChI is InChI=1S/C17H26O5.C15H22O4.C13H18O3.C11H14O2.C10H12O2.C9H10O/c1-3-16-4-6-17(7-5-16)22-15-14-21-13-12-20-11-10-19-9-8-18-2;1-3-14-4-6-15(7-5-14)19-13-12-18-11-10-17-9-8-16-2;1-3-12-4-6-13(7-5-12)16-11-10-15-9-8-14-2;1-3-10-4-6-11(7-5-10)13-9-8-12-2;1-3-9-4-6-10(7-5-9)12-8-11-2;1-3-8-4-6-9(10-2)7-5-8/h3-7H,1,8-15H2,2H3;3-7H,1,8-13H2,2H3;3-7H,1,8-11H2,2H3;3-7H,1,8-9H2,2H3;3-7H,1,8H2,2H3;3-7H,1H2,2H3. The van der Waals surface area contributed by atoms with E-state index in [1.165, 1.54) is 0 Å². The summed E-state index contributed by atoms with van der Waals surface area (Å²) < 4.78 is 88.3. The van der Waals surface area contributed by atoms with Gasteiger partial charge in [-0.3, -0.25) is 0 Å². The summed E-state index contributed by atoms with van der Waals surface area (Å²) >= 11 is 0. The van der Waals surface area contributed by atoms with Gasteiger partial charge >= 0.3 is 0 Å². The zero-order valence-corrected chi connectivity index (χ0v) is 55.4. The zero-order chi connectivity index (χ0) is 67.0. The molecule has 0 saturated carbocycles. The van der Waals surface area contributed by atoms with Gasteiger partial charge in [-0.05, 0) is 106 Å². The maximum absolute atomic E-state index is 5.56. The molecule has 0 fully saturated rings. The van der Waals surface area contributed by atoms with Crippen LogP contribution >= 0.6 is 0 Å². The lowest BCUT2D eigenvalue weighted by molar-refractivity contribution is 0.000164. The highest BCUT2D eigenvalue weighted by atomic mass is 16.7. The fraction of sp³-hybridized carbons (Fsp3) is 0.360. The molecule has 0 aliphatic heterocycles. The monoisotopic (exact) mass is 1270 g/mol. The molecule has 6 aromatic rings. The number of hydrogen-bond donors (Lipinski definition) is 0. The van der Waals surface area contributed by atoms with Crippen molar-refractivity contribution in [2.75, 3.05) is 182 Å². The second-order valence-corrected chi connectivity index (χ2v) is 18.4. The van der Waals surface area contributed by atoms with Gasteiger partial charge < -0.3 is 80.5 Å². The van der Waals surface area contributed by atoms with Crippen molar-refractivity contribution in [1.29, 1.82) is 0 Å². The summed E-state index contributed by atoms with van der Waals surface area (Å²) in [5.41, 5.74) is 6.53. The summed E-state index contributed by atoms with van der Waals surface area (Å²) in [5.74, 6) is 5.07. The Morgan fingerprint density at radius 1 is 0.207 bits per heavy atom. The molecular formula is C75H102O17. The average Bonchev–Trinajstić information content (AvgIpc) is 3.77. The molecule has 0 amide bonds. The highest BCUT2D eigenvalue weighted by molar-refractivity contribution is 5.51. The van der Waals surface area contributed by atoms with Crippen molar-refractivity contribution >= 4 is 36.5 Å². The summed E-state index contributed by atoms with van der Waals surface area (Å²) in [6.45, 7) is 33.9. The van der Waals surface area contributed by atoms with Crippen molar-refractivity contribution in [3.63, 3.8) is 0 Å². The van der Waals surface area contributed by atoms with Crippen LogP contribution in [0.3, 0.4) is 0 Å².